The summed E-state index contributed by atoms with van der Waals surface area (Å²) in [7, 11) is 3.32. The van der Waals surface area contributed by atoms with E-state index in [0.717, 1.165) is 42.1 Å². The molecule has 6 heteroatoms. The molecule has 0 bridgehead atoms. The number of thiophene rings is 1. The summed E-state index contributed by atoms with van der Waals surface area (Å²) in [6.45, 7) is 8.68. The van der Waals surface area contributed by atoms with E-state index in [1.54, 1.807) is 12.1 Å². The highest BCUT2D eigenvalue weighted by atomic mass is 32.1. The van der Waals surface area contributed by atoms with Crippen molar-refractivity contribution in [3.05, 3.63) is 71.8 Å². The van der Waals surface area contributed by atoms with E-state index in [2.05, 4.69) is 36.3 Å². The predicted molar refractivity (Wildman–Crippen MR) is 119 cm³/mol. The number of aryl methyl sites for hydroxylation is 1. The Morgan fingerprint density at radius 2 is 2.14 bits per heavy atom. The summed E-state index contributed by atoms with van der Waals surface area (Å²) < 4.78 is 4.81. The lowest BCUT2D eigenvalue weighted by Crippen LogP contribution is -2.28. The molecule has 28 heavy (non-hydrogen) atoms. The molecule has 0 amide bonds. The maximum atomic E-state index is 11.8. The van der Waals surface area contributed by atoms with Crippen LogP contribution in [0.4, 0.5) is 22.1 Å². The summed E-state index contributed by atoms with van der Waals surface area (Å²) in [5, 5.41) is 0.579. The van der Waals surface area contributed by atoms with Crippen molar-refractivity contribution in [1.29, 1.82) is 0 Å². The summed E-state index contributed by atoms with van der Waals surface area (Å²) in [5.41, 5.74) is 11.4. The van der Waals surface area contributed by atoms with Crippen LogP contribution in [0.1, 0.15) is 21.7 Å². The van der Waals surface area contributed by atoms with E-state index in [-0.39, 0.29) is 5.97 Å². The van der Waals surface area contributed by atoms with Crippen LogP contribution in [0.3, 0.4) is 0 Å². The van der Waals surface area contributed by atoms with Crippen LogP contribution < -0.4 is 15.5 Å². The van der Waals surface area contributed by atoms with E-state index in [4.69, 9.17) is 10.5 Å². The number of fused-ring (bicyclic) bond motifs is 1. The standard InChI is InChI=1S/C22H25N3O2S/c1-5-8-16(6-2)25-12-7-9-15-10-11-17(13-18(15)25)24(3)19-14-20(22(26)27-4)28-21(19)23/h5-6,8,10-11,13-14H,1-2,7,9,12,23H2,3-4H3/b16-8+. The molecular formula is C22H25N3O2S. The number of hydrogen-bond donors (Lipinski definition) is 1. The molecule has 1 aliphatic heterocycles. The number of esters is 1. The number of benzene rings is 1. The number of anilines is 4. The van der Waals surface area contributed by atoms with Gasteiger partial charge in [0.25, 0.3) is 0 Å². The monoisotopic (exact) mass is 395 g/mol. The minimum absolute atomic E-state index is 0.377. The van der Waals surface area contributed by atoms with E-state index in [1.165, 1.54) is 24.0 Å². The van der Waals surface area contributed by atoms with Crippen LogP contribution in [0.25, 0.3) is 0 Å². The van der Waals surface area contributed by atoms with Crippen molar-refractivity contribution in [3.63, 3.8) is 0 Å². The van der Waals surface area contributed by atoms with Crippen LogP contribution in [0.2, 0.25) is 0 Å². The normalized spacial score (nSPS) is 13.6. The number of nitrogen functional groups attached to an aromatic ring is 1. The Hall–Kier alpha value is -2.99. The Bertz CT molecular complexity index is 945. The van der Waals surface area contributed by atoms with Gasteiger partial charge in [-0.2, -0.15) is 0 Å². The van der Waals surface area contributed by atoms with Crippen molar-refractivity contribution >= 4 is 39.4 Å². The fourth-order valence-corrected chi connectivity index (χ4v) is 4.30. The summed E-state index contributed by atoms with van der Waals surface area (Å²) >= 11 is 1.23. The van der Waals surface area contributed by atoms with Gasteiger partial charge < -0.3 is 20.3 Å². The van der Waals surface area contributed by atoms with Gasteiger partial charge >= 0.3 is 5.97 Å². The minimum Gasteiger partial charge on any atom is -0.465 e. The number of methoxy groups -OCH3 is 1. The second-order valence-electron chi connectivity index (χ2n) is 6.51. The van der Waals surface area contributed by atoms with Gasteiger partial charge in [0.15, 0.2) is 0 Å². The summed E-state index contributed by atoms with van der Waals surface area (Å²) in [4.78, 5) is 16.6. The number of carbonyl (C=O) groups is 1. The van der Waals surface area contributed by atoms with Crippen LogP contribution in [0, 0.1) is 0 Å². The lowest BCUT2D eigenvalue weighted by atomic mass is 10.00. The SMILES string of the molecule is C=C/C=C(\C=C)N1CCCc2ccc(N(C)c3cc(C(=O)OC)sc3N)cc21. The third kappa shape index (κ3) is 3.68. The lowest BCUT2D eigenvalue weighted by Gasteiger charge is -2.33. The molecule has 0 unspecified atom stereocenters. The molecule has 0 aliphatic carbocycles. The van der Waals surface area contributed by atoms with E-state index < -0.39 is 0 Å². The third-order valence-electron chi connectivity index (χ3n) is 4.87. The molecule has 0 atom stereocenters. The molecule has 0 saturated heterocycles. The Balaban J connectivity index is 2.00. The smallest absolute Gasteiger partial charge is 0.348 e. The van der Waals surface area contributed by atoms with Gasteiger partial charge in [-0.1, -0.05) is 25.3 Å². The van der Waals surface area contributed by atoms with Crippen molar-refractivity contribution in [2.75, 3.05) is 36.2 Å². The highest BCUT2D eigenvalue weighted by Gasteiger charge is 2.21. The molecule has 0 fully saturated rings. The lowest BCUT2D eigenvalue weighted by molar-refractivity contribution is 0.0606. The van der Waals surface area contributed by atoms with Crippen LogP contribution in [0.15, 0.2) is 61.3 Å². The minimum atomic E-state index is -0.377. The molecular weight excluding hydrogens is 370 g/mol. The average Bonchev–Trinajstić information content (AvgIpc) is 3.11. The first-order chi connectivity index (χ1) is 13.5. The molecule has 0 spiro atoms. The van der Waals surface area contributed by atoms with Crippen LogP contribution in [0.5, 0.6) is 0 Å². The first-order valence-electron chi connectivity index (χ1n) is 9.07. The van der Waals surface area contributed by atoms with Gasteiger partial charge in [-0.3, -0.25) is 0 Å². The Labute approximate surface area is 170 Å². The summed E-state index contributed by atoms with van der Waals surface area (Å²) in [5.74, 6) is -0.377. The second kappa shape index (κ2) is 8.35. The van der Waals surface area contributed by atoms with E-state index >= 15 is 0 Å². The molecule has 2 aromatic rings. The van der Waals surface area contributed by atoms with Crippen LogP contribution >= 0.6 is 11.3 Å². The number of carbonyl (C=O) groups excluding carboxylic acids is 1. The van der Waals surface area contributed by atoms with Crippen molar-refractivity contribution in [1.82, 2.24) is 0 Å². The molecule has 1 aromatic carbocycles. The Morgan fingerprint density at radius 3 is 2.82 bits per heavy atom. The number of nitrogens with two attached hydrogens (primary N) is 1. The zero-order valence-electron chi connectivity index (χ0n) is 16.3. The van der Waals surface area contributed by atoms with Crippen molar-refractivity contribution in [2.45, 2.75) is 12.8 Å². The maximum absolute atomic E-state index is 11.8. The molecule has 0 saturated carbocycles. The van der Waals surface area contributed by atoms with Gasteiger partial charge in [0.1, 0.15) is 9.88 Å². The first-order valence-corrected chi connectivity index (χ1v) is 9.88. The van der Waals surface area contributed by atoms with Gasteiger partial charge in [0.2, 0.25) is 0 Å². The Kier molecular flexibility index (Phi) is 5.90. The first kappa shape index (κ1) is 19.8. The zero-order valence-corrected chi connectivity index (χ0v) is 17.1. The fraction of sp³-hybridized carbons (Fsp3) is 0.227. The second-order valence-corrected chi connectivity index (χ2v) is 7.59. The Morgan fingerprint density at radius 1 is 1.36 bits per heavy atom. The fourth-order valence-electron chi connectivity index (χ4n) is 3.43. The number of allylic oxidation sites excluding steroid dienone is 3. The van der Waals surface area contributed by atoms with Crippen molar-refractivity contribution in [3.8, 4) is 0 Å². The van der Waals surface area contributed by atoms with Crippen molar-refractivity contribution < 1.29 is 9.53 Å². The van der Waals surface area contributed by atoms with Gasteiger partial charge in [-0.05, 0) is 48.8 Å². The molecule has 1 aromatic heterocycles. The van der Waals surface area contributed by atoms with Gasteiger partial charge in [-0.25, -0.2) is 4.79 Å². The van der Waals surface area contributed by atoms with Crippen molar-refractivity contribution in [2.24, 2.45) is 0 Å². The van der Waals surface area contributed by atoms with E-state index in [0.29, 0.717) is 9.88 Å². The van der Waals surface area contributed by atoms with Gasteiger partial charge in [0, 0.05) is 30.7 Å². The highest BCUT2D eigenvalue weighted by molar-refractivity contribution is 7.18. The highest BCUT2D eigenvalue weighted by Crippen LogP contribution is 2.39. The molecule has 5 nitrogen and oxygen atoms in total. The molecule has 2 heterocycles. The summed E-state index contributed by atoms with van der Waals surface area (Å²) in [6.07, 6.45) is 7.73. The van der Waals surface area contributed by atoms with E-state index in [9.17, 15) is 4.79 Å². The van der Waals surface area contributed by atoms with Crippen LogP contribution in [-0.2, 0) is 11.2 Å². The van der Waals surface area contributed by atoms with E-state index in [1.807, 2.05) is 24.1 Å². The predicted octanol–water partition coefficient (Wildman–Crippen LogP) is 4.89. The molecule has 3 rings (SSSR count). The van der Waals surface area contributed by atoms with Crippen LogP contribution in [-0.4, -0.2) is 26.7 Å². The maximum Gasteiger partial charge on any atom is 0.348 e. The molecule has 146 valence electrons. The topological polar surface area (TPSA) is 58.8 Å². The van der Waals surface area contributed by atoms with Gasteiger partial charge in [-0.15, -0.1) is 11.3 Å². The largest absolute Gasteiger partial charge is 0.465 e. The average molecular weight is 396 g/mol. The van der Waals surface area contributed by atoms with Gasteiger partial charge in [0.05, 0.1) is 12.8 Å². The molecule has 2 N–H and O–H groups in total. The molecule has 0 radical (unpaired) electrons. The third-order valence-corrected chi connectivity index (χ3v) is 5.81. The molecule has 1 aliphatic rings. The quantitative estimate of drug-likeness (QED) is 0.557. The number of nitrogens with zero attached hydrogens (tertiary/aromatic N) is 2. The summed E-state index contributed by atoms with van der Waals surface area (Å²) in [6, 6.07) is 8.17. The number of ether oxygens (including phenoxy) is 1. The number of hydrogen-bond acceptors (Lipinski definition) is 6. The number of rotatable bonds is 6. The zero-order chi connectivity index (χ0) is 20.3.